The van der Waals surface area contributed by atoms with Crippen molar-refractivity contribution in [1.29, 1.82) is 0 Å². The lowest BCUT2D eigenvalue weighted by atomic mass is 9.93. The van der Waals surface area contributed by atoms with Crippen LogP contribution in [0, 0.1) is 0 Å². The van der Waals surface area contributed by atoms with Crippen LogP contribution in [0.5, 0.6) is 5.75 Å². The van der Waals surface area contributed by atoms with Crippen LogP contribution in [0.4, 0.5) is 4.79 Å². The van der Waals surface area contributed by atoms with E-state index in [2.05, 4.69) is 45.4 Å². The van der Waals surface area contributed by atoms with Crippen LogP contribution in [0.1, 0.15) is 30.0 Å². The van der Waals surface area contributed by atoms with Gasteiger partial charge in [-0.15, -0.1) is 0 Å². The molecule has 0 bridgehead atoms. The lowest BCUT2D eigenvalue weighted by Crippen LogP contribution is -2.51. The maximum Gasteiger partial charge on any atom is 0.326 e. The van der Waals surface area contributed by atoms with Gasteiger partial charge in [-0.2, -0.15) is 0 Å². The molecule has 2 aromatic carbocycles. The Morgan fingerprint density at radius 3 is 2.52 bits per heavy atom. The summed E-state index contributed by atoms with van der Waals surface area (Å²) in [5.74, 6) is 0.902. The van der Waals surface area contributed by atoms with E-state index in [-0.39, 0.29) is 11.9 Å². The molecule has 0 aromatic heterocycles. The van der Waals surface area contributed by atoms with Crippen molar-refractivity contribution in [3.8, 4) is 5.75 Å². The van der Waals surface area contributed by atoms with Gasteiger partial charge in [-0.05, 0) is 42.5 Å². The van der Waals surface area contributed by atoms with Crippen molar-refractivity contribution in [3.05, 3.63) is 65.2 Å². The van der Waals surface area contributed by atoms with Gasteiger partial charge in [-0.1, -0.05) is 42.5 Å². The number of ether oxygens (including phenoxy) is 1. The summed E-state index contributed by atoms with van der Waals surface area (Å²) in [4.78, 5) is 31.8. The average Bonchev–Trinajstić information content (AvgIpc) is 3.38. The van der Waals surface area contributed by atoms with Crippen molar-refractivity contribution < 1.29 is 14.3 Å². The first kappa shape index (κ1) is 21.9. The topological polar surface area (TPSA) is 65.1 Å². The number of carbonyl (C=O) groups excluding carboxylic acids is 2. The first-order valence-corrected chi connectivity index (χ1v) is 11.9. The first-order chi connectivity index (χ1) is 16.0. The van der Waals surface area contributed by atoms with Crippen molar-refractivity contribution in [2.75, 3.05) is 39.5 Å². The van der Waals surface area contributed by atoms with Crippen LogP contribution < -0.4 is 10.1 Å². The zero-order chi connectivity index (χ0) is 22.8. The molecule has 7 heteroatoms. The minimum atomic E-state index is -0.841. The van der Waals surface area contributed by atoms with Gasteiger partial charge in [0.05, 0.1) is 13.3 Å². The molecule has 3 aliphatic heterocycles. The van der Waals surface area contributed by atoms with Crippen molar-refractivity contribution in [1.82, 2.24) is 20.0 Å². The number of hydrogen-bond donors (Lipinski definition) is 1. The minimum Gasteiger partial charge on any atom is -0.493 e. The Balaban J connectivity index is 1.12. The number of amides is 3. The van der Waals surface area contributed by atoms with Gasteiger partial charge in [-0.3, -0.25) is 14.6 Å². The minimum absolute atomic E-state index is 0.119. The summed E-state index contributed by atoms with van der Waals surface area (Å²) in [6, 6.07) is 16.3. The summed E-state index contributed by atoms with van der Waals surface area (Å²) in [7, 11) is 0. The molecule has 1 N–H and O–H groups in total. The van der Waals surface area contributed by atoms with E-state index in [0.717, 1.165) is 57.9 Å². The lowest BCUT2D eigenvalue weighted by molar-refractivity contribution is -0.132. The highest BCUT2D eigenvalue weighted by Gasteiger charge is 2.47. The Morgan fingerprint density at radius 2 is 1.73 bits per heavy atom. The molecule has 0 radical (unpaired) electrons. The highest BCUT2D eigenvalue weighted by molar-refractivity contribution is 6.06. The van der Waals surface area contributed by atoms with E-state index in [1.807, 2.05) is 25.1 Å². The number of piperazine rings is 1. The standard InChI is InChI=1S/C26H32N4O3/c1-26(11-9-20-5-3-2-4-6-20)24(31)30(25(32)27-26)19-29-14-12-28(13-15-29)18-21-7-8-23-22(17-21)10-16-33-23/h2-8,17H,9-16,18-19H2,1H3,(H,27,32)/t26-/m1/s1. The van der Waals surface area contributed by atoms with Gasteiger partial charge in [0.1, 0.15) is 11.3 Å². The van der Waals surface area contributed by atoms with Crippen molar-refractivity contribution in [3.63, 3.8) is 0 Å². The molecule has 0 aliphatic carbocycles. The van der Waals surface area contributed by atoms with Crippen LogP contribution in [0.2, 0.25) is 0 Å². The molecule has 5 rings (SSSR count). The fourth-order valence-electron chi connectivity index (χ4n) is 4.97. The Morgan fingerprint density at radius 1 is 0.970 bits per heavy atom. The molecule has 0 spiro atoms. The first-order valence-electron chi connectivity index (χ1n) is 11.9. The van der Waals surface area contributed by atoms with Crippen molar-refractivity contribution in [2.45, 2.75) is 38.3 Å². The molecular weight excluding hydrogens is 416 g/mol. The maximum atomic E-state index is 13.1. The normalized spacial score (nSPS) is 23.5. The molecule has 33 heavy (non-hydrogen) atoms. The van der Waals surface area contributed by atoms with Crippen LogP contribution in [0.15, 0.2) is 48.5 Å². The number of nitrogens with zero attached hydrogens (tertiary/aromatic N) is 3. The number of fused-ring (bicyclic) bond motifs is 1. The Hall–Kier alpha value is -2.90. The second-order valence-corrected chi connectivity index (χ2v) is 9.56. The number of aryl methyl sites for hydroxylation is 1. The fourth-order valence-corrected chi connectivity index (χ4v) is 4.97. The number of nitrogens with one attached hydrogen (secondary N) is 1. The summed E-state index contributed by atoms with van der Waals surface area (Å²) in [5, 5.41) is 2.94. The third-order valence-electron chi connectivity index (χ3n) is 7.07. The predicted molar refractivity (Wildman–Crippen MR) is 126 cm³/mol. The van der Waals surface area contributed by atoms with Gasteiger partial charge < -0.3 is 10.1 Å². The molecule has 2 saturated heterocycles. The number of urea groups is 1. The van der Waals surface area contributed by atoms with Crippen LogP contribution in [-0.4, -0.2) is 71.6 Å². The molecule has 2 fully saturated rings. The van der Waals surface area contributed by atoms with Gasteiger partial charge in [0.2, 0.25) is 0 Å². The van der Waals surface area contributed by atoms with Gasteiger partial charge in [0.15, 0.2) is 0 Å². The van der Waals surface area contributed by atoms with Crippen LogP contribution >= 0.6 is 0 Å². The van der Waals surface area contributed by atoms with Crippen LogP contribution in [0.3, 0.4) is 0 Å². The number of rotatable bonds is 7. The third kappa shape index (κ3) is 4.75. The van der Waals surface area contributed by atoms with E-state index in [9.17, 15) is 9.59 Å². The SMILES string of the molecule is C[C@]1(CCc2ccccc2)NC(=O)N(CN2CCN(Cc3ccc4c(c3)CCO4)CC2)C1=O. The van der Waals surface area contributed by atoms with Crippen molar-refractivity contribution >= 4 is 11.9 Å². The van der Waals surface area contributed by atoms with Crippen molar-refractivity contribution in [2.24, 2.45) is 0 Å². The number of benzene rings is 2. The van der Waals surface area contributed by atoms with E-state index < -0.39 is 5.54 Å². The molecule has 3 amide bonds. The number of hydrogen-bond acceptors (Lipinski definition) is 5. The molecule has 7 nitrogen and oxygen atoms in total. The zero-order valence-electron chi connectivity index (χ0n) is 19.3. The monoisotopic (exact) mass is 448 g/mol. The summed E-state index contributed by atoms with van der Waals surface area (Å²) in [6.45, 7) is 7.42. The zero-order valence-corrected chi connectivity index (χ0v) is 19.3. The summed E-state index contributed by atoms with van der Waals surface area (Å²) in [5.41, 5.74) is 2.95. The second-order valence-electron chi connectivity index (χ2n) is 9.56. The highest BCUT2D eigenvalue weighted by atomic mass is 16.5. The lowest BCUT2D eigenvalue weighted by Gasteiger charge is -2.36. The second kappa shape index (κ2) is 9.15. The molecule has 3 aliphatic rings. The molecule has 1 atom stereocenters. The molecule has 2 aromatic rings. The quantitative estimate of drug-likeness (QED) is 0.660. The fraction of sp³-hybridized carbons (Fsp3) is 0.462. The molecular formula is C26H32N4O3. The van der Waals surface area contributed by atoms with E-state index in [1.165, 1.54) is 21.6 Å². The Kier molecular flexibility index (Phi) is 6.08. The third-order valence-corrected chi connectivity index (χ3v) is 7.07. The Bertz CT molecular complexity index is 1020. The number of imide groups is 1. The smallest absolute Gasteiger partial charge is 0.326 e. The molecule has 0 saturated carbocycles. The van der Waals surface area contributed by atoms with E-state index in [0.29, 0.717) is 13.1 Å². The predicted octanol–water partition coefficient (Wildman–Crippen LogP) is 2.64. The van der Waals surface area contributed by atoms with Gasteiger partial charge in [-0.25, -0.2) is 9.69 Å². The molecule has 174 valence electrons. The van der Waals surface area contributed by atoms with E-state index in [1.54, 1.807) is 0 Å². The Labute approximate surface area is 195 Å². The van der Waals surface area contributed by atoms with E-state index in [4.69, 9.17) is 4.74 Å². The molecule has 3 heterocycles. The maximum absolute atomic E-state index is 13.1. The average molecular weight is 449 g/mol. The highest BCUT2D eigenvalue weighted by Crippen LogP contribution is 2.27. The summed E-state index contributed by atoms with van der Waals surface area (Å²) < 4.78 is 5.61. The van der Waals surface area contributed by atoms with Crippen LogP contribution in [0.25, 0.3) is 0 Å². The number of carbonyl (C=O) groups is 2. The largest absolute Gasteiger partial charge is 0.493 e. The van der Waals surface area contributed by atoms with E-state index >= 15 is 0 Å². The summed E-state index contributed by atoms with van der Waals surface area (Å²) >= 11 is 0. The van der Waals surface area contributed by atoms with Crippen LogP contribution in [-0.2, 0) is 24.2 Å². The summed E-state index contributed by atoms with van der Waals surface area (Å²) in [6.07, 6.45) is 2.34. The molecule has 0 unspecified atom stereocenters. The van der Waals surface area contributed by atoms with Gasteiger partial charge >= 0.3 is 6.03 Å². The van der Waals surface area contributed by atoms with Gasteiger partial charge in [0, 0.05) is 39.1 Å². The van der Waals surface area contributed by atoms with Gasteiger partial charge in [0.25, 0.3) is 5.91 Å².